The number of aromatic nitrogens is 3. The van der Waals surface area contributed by atoms with E-state index in [9.17, 15) is 9.59 Å². The fourth-order valence-electron chi connectivity index (χ4n) is 2.38. The number of alkyl carbamates (subject to hydrolysis) is 1. The average molecular weight is 294 g/mol. The lowest BCUT2D eigenvalue weighted by atomic mass is 9.91. The van der Waals surface area contributed by atoms with Crippen molar-refractivity contribution < 1.29 is 19.4 Å². The molecule has 1 saturated carbocycles. The third-order valence-electron chi connectivity index (χ3n) is 3.45. The molecule has 0 unspecified atom stereocenters. The molecule has 21 heavy (non-hydrogen) atoms. The third-order valence-corrected chi connectivity index (χ3v) is 3.45. The monoisotopic (exact) mass is 294 g/mol. The largest absolute Gasteiger partial charge is 0.476 e. The topological polar surface area (TPSA) is 106 Å². The molecule has 0 atom stereocenters. The first-order chi connectivity index (χ1) is 10.1. The second kappa shape index (κ2) is 6.87. The van der Waals surface area contributed by atoms with Gasteiger partial charge in [0.1, 0.15) is 6.61 Å². The molecule has 2 N–H and O–H groups in total. The van der Waals surface area contributed by atoms with Gasteiger partial charge in [-0.25, -0.2) is 14.3 Å². The number of ether oxygens (including phenoxy) is 1. The minimum atomic E-state index is -1.08. The van der Waals surface area contributed by atoms with Crippen molar-refractivity contribution in [3.8, 4) is 0 Å². The molecule has 1 fully saturated rings. The number of hydrogen-bond acceptors (Lipinski definition) is 5. The van der Waals surface area contributed by atoms with E-state index in [-0.39, 0.29) is 24.4 Å². The standard InChI is InChI=1S/C13H18N4O4/c1-2-7-21-13(20)14-9-3-5-10(6-4-9)17-8-11(12(18)19)15-16-17/h2,8-10H,1,3-7H2,(H,14,20)(H,18,19). The summed E-state index contributed by atoms with van der Waals surface area (Å²) >= 11 is 0. The van der Waals surface area contributed by atoms with Crippen LogP contribution in [0.4, 0.5) is 4.79 Å². The van der Waals surface area contributed by atoms with Gasteiger partial charge in [-0.15, -0.1) is 5.10 Å². The summed E-state index contributed by atoms with van der Waals surface area (Å²) in [5.41, 5.74) is -0.0525. The van der Waals surface area contributed by atoms with Gasteiger partial charge in [-0.3, -0.25) is 0 Å². The first kappa shape index (κ1) is 15.0. The molecule has 2 rings (SSSR count). The maximum Gasteiger partial charge on any atom is 0.407 e. The van der Waals surface area contributed by atoms with Gasteiger partial charge < -0.3 is 15.2 Å². The number of nitrogens with one attached hydrogen (secondary N) is 1. The van der Waals surface area contributed by atoms with Gasteiger partial charge in [0.2, 0.25) is 0 Å². The molecule has 1 heterocycles. The molecule has 0 spiro atoms. The average Bonchev–Trinajstić information content (AvgIpc) is 2.96. The fraction of sp³-hybridized carbons (Fsp3) is 0.538. The predicted octanol–water partition coefficient (Wildman–Crippen LogP) is 1.37. The predicted molar refractivity (Wildman–Crippen MR) is 73.0 cm³/mol. The number of amides is 1. The van der Waals surface area contributed by atoms with Gasteiger partial charge in [0.05, 0.1) is 12.2 Å². The second-order valence-corrected chi connectivity index (χ2v) is 4.93. The van der Waals surface area contributed by atoms with E-state index in [4.69, 9.17) is 9.84 Å². The fourth-order valence-corrected chi connectivity index (χ4v) is 2.38. The van der Waals surface area contributed by atoms with Crippen LogP contribution in [0, 0.1) is 0 Å². The van der Waals surface area contributed by atoms with E-state index in [1.807, 2.05) is 0 Å². The van der Waals surface area contributed by atoms with Crippen LogP contribution in [0.25, 0.3) is 0 Å². The lowest BCUT2D eigenvalue weighted by molar-refractivity contribution is 0.0690. The summed E-state index contributed by atoms with van der Waals surface area (Å²) in [6, 6.07) is 0.189. The Bertz CT molecular complexity index is 520. The van der Waals surface area contributed by atoms with Crippen LogP contribution in [0.15, 0.2) is 18.9 Å². The molecule has 1 aliphatic rings. The Morgan fingerprint density at radius 3 is 2.76 bits per heavy atom. The van der Waals surface area contributed by atoms with Crippen molar-refractivity contribution in [2.24, 2.45) is 0 Å². The molecule has 1 amide bonds. The summed E-state index contributed by atoms with van der Waals surface area (Å²) in [5, 5.41) is 19.1. The molecule has 8 heteroatoms. The van der Waals surface area contributed by atoms with Crippen molar-refractivity contribution in [1.82, 2.24) is 20.3 Å². The number of carbonyl (C=O) groups excluding carboxylic acids is 1. The highest BCUT2D eigenvalue weighted by atomic mass is 16.5. The van der Waals surface area contributed by atoms with Crippen molar-refractivity contribution in [2.45, 2.75) is 37.8 Å². The number of carboxylic acids is 1. The van der Waals surface area contributed by atoms with E-state index < -0.39 is 12.1 Å². The summed E-state index contributed by atoms with van der Waals surface area (Å²) in [5.74, 6) is -1.08. The molecule has 0 saturated heterocycles. The summed E-state index contributed by atoms with van der Waals surface area (Å²) in [7, 11) is 0. The van der Waals surface area contributed by atoms with Gasteiger partial charge >= 0.3 is 12.1 Å². The number of rotatable bonds is 5. The smallest absolute Gasteiger partial charge is 0.407 e. The van der Waals surface area contributed by atoms with Gasteiger partial charge in [0.25, 0.3) is 0 Å². The highest BCUT2D eigenvalue weighted by molar-refractivity contribution is 5.84. The highest BCUT2D eigenvalue weighted by Gasteiger charge is 2.25. The van der Waals surface area contributed by atoms with E-state index in [0.29, 0.717) is 0 Å². The Hall–Kier alpha value is -2.38. The van der Waals surface area contributed by atoms with Crippen molar-refractivity contribution in [3.05, 3.63) is 24.5 Å². The second-order valence-electron chi connectivity index (χ2n) is 4.93. The molecule has 0 bridgehead atoms. The quantitative estimate of drug-likeness (QED) is 0.794. The lowest BCUT2D eigenvalue weighted by Gasteiger charge is -2.28. The summed E-state index contributed by atoms with van der Waals surface area (Å²) in [6.07, 6.45) is 5.70. The zero-order valence-corrected chi connectivity index (χ0v) is 11.6. The Morgan fingerprint density at radius 2 is 2.19 bits per heavy atom. The van der Waals surface area contributed by atoms with Gasteiger partial charge in [-0.1, -0.05) is 17.9 Å². The Balaban J connectivity index is 1.81. The SMILES string of the molecule is C=CCOC(=O)NC1CCC(n2cc(C(=O)O)nn2)CC1. The number of nitrogens with zero attached hydrogens (tertiary/aromatic N) is 3. The molecular weight excluding hydrogens is 276 g/mol. The number of carbonyl (C=O) groups is 2. The maximum absolute atomic E-state index is 11.4. The van der Waals surface area contributed by atoms with Gasteiger partial charge in [0.15, 0.2) is 5.69 Å². The molecular formula is C13H18N4O4. The van der Waals surface area contributed by atoms with Crippen LogP contribution < -0.4 is 5.32 Å². The summed E-state index contributed by atoms with van der Waals surface area (Å²) in [6.45, 7) is 3.67. The highest BCUT2D eigenvalue weighted by Crippen LogP contribution is 2.27. The molecule has 1 aromatic rings. The maximum atomic E-state index is 11.4. The molecule has 1 aliphatic carbocycles. The van der Waals surface area contributed by atoms with Gasteiger partial charge in [0, 0.05) is 6.04 Å². The van der Waals surface area contributed by atoms with E-state index in [1.54, 1.807) is 4.68 Å². The first-order valence-corrected chi connectivity index (χ1v) is 6.79. The number of carboxylic acid groups (broad SMARTS) is 1. The lowest BCUT2D eigenvalue weighted by Crippen LogP contribution is -2.38. The van der Waals surface area contributed by atoms with Crippen molar-refractivity contribution in [1.29, 1.82) is 0 Å². The molecule has 1 aromatic heterocycles. The summed E-state index contributed by atoms with van der Waals surface area (Å²) < 4.78 is 6.47. The van der Waals surface area contributed by atoms with Crippen LogP contribution in [-0.2, 0) is 4.74 Å². The Morgan fingerprint density at radius 1 is 1.48 bits per heavy atom. The van der Waals surface area contributed by atoms with E-state index >= 15 is 0 Å². The first-order valence-electron chi connectivity index (χ1n) is 6.79. The molecule has 0 radical (unpaired) electrons. The van der Waals surface area contributed by atoms with Crippen molar-refractivity contribution in [2.75, 3.05) is 6.61 Å². The molecule has 8 nitrogen and oxygen atoms in total. The molecule has 114 valence electrons. The van der Waals surface area contributed by atoms with Crippen LogP contribution in [-0.4, -0.2) is 44.8 Å². The molecule has 0 aromatic carbocycles. The zero-order chi connectivity index (χ0) is 15.2. The van der Waals surface area contributed by atoms with Crippen LogP contribution >= 0.6 is 0 Å². The van der Waals surface area contributed by atoms with Gasteiger partial charge in [-0.05, 0) is 25.7 Å². The molecule has 0 aliphatic heterocycles. The van der Waals surface area contributed by atoms with Crippen molar-refractivity contribution >= 4 is 12.1 Å². The Kier molecular flexibility index (Phi) is 4.91. The third kappa shape index (κ3) is 4.04. The van der Waals surface area contributed by atoms with Crippen molar-refractivity contribution in [3.63, 3.8) is 0 Å². The normalized spacial score (nSPS) is 21.5. The van der Waals surface area contributed by atoms with Crippen LogP contribution in [0.3, 0.4) is 0 Å². The zero-order valence-electron chi connectivity index (χ0n) is 11.6. The summed E-state index contributed by atoms with van der Waals surface area (Å²) in [4.78, 5) is 22.2. The van der Waals surface area contributed by atoms with E-state index in [1.165, 1.54) is 12.3 Å². The van der Waals surface area contributed by atoms with Gasteiger partial charge in [-0.2, -0.15) is 0 Å². The number of aromatic carboxylic acids is 1. The van der Waals surface area contributed by atoms with Crippen LogP contribution in [0.2, 0.25) is 0 Å². The van der Waals surface area contributed by atoms with E-state index in [0.717, 1.165) is 25.7 Å². The number of hydrogen-bond donors (Lipinski definition) is 2. The van der Waals surface area contributed by atoms with Crippen LogP contribution in [0.5, 0.6) is 0 Å². The minimum Gasteiger partial charge on any atom is -0.476 e. The van der Waals surface area contributed by atoms with E-state index in [2.05, 4.69) is 22.2 Å². The minimum absolute atomic E-state index is 0.0525. The Labute approximate surface area is 121 Å². The van der Waals surface area contributed by atoms with Crippen LogP contribution in [0.1, 0.15) is 42.2 Å².